The molecule has 2 N–H and O–H groups in total. The average Bonchev–Trinajstić information content (AvgIpc) is 3.31. The highest BCUT2D eigenvalue weighted by Crippen LogP contribution is 2.18. The first-order valence-corrected chi connectivity index (χ1v) is 9.09. The minimum atomic E-state index is -0.162. The maximum absolute atomic E-state index is 12.1. The molecule has 1 unspecified atom stereocenters. The molecule has 2 heterocycles. The normalized spacial score (nSPS) is 15.9. The Balaban J connectivity index is 0.000000244. The number of benzene rings is 1. The maximum atomic E-state index is 12.1. The lowest BCUT2D eigenvalue weighted by molar-refractivity contribution is -0.117. The van der Waals surface area contributed by atoms with Gasteiger partial charge in [0.25, 0.3) is 5.91 Å². The molecule has 0 saturated carbocycles. The second-order valence-corrected chi connectivity index (χ2v) is 6.89. The summed E-state index contributed by atoms with van der Waals surface area (Å²) in [6.07, 6.45) is 1.61. The second kappa shape index (κ2) is 9.75. The number of ether oxygens (including phenoxy) is 1. The fraction of sp³-hybridized carbons (Fsp3) is 0.450. The van der Waals surface area contributed by atoms with Crippen LogP contribution in [-0.2, 0) is 4.79 Å². The molecule has 1 aliphatic heterocycles. The summed E-state index contributed by atoms with van der Waals surface area (Å²) >= 11 is 0. The van der Waals surface area contributed by atoms with Crippen molar-refractivity contribution in [2.45, 2.75) is 39.2 Å². The van der Waals surface area contributed by atoms with Gasteiger partial charge in [-0.3, -0.25) is 14.7 Å². The van der Waals surface area contributed by atoms with Crippen LogP contribution in [-0.4, -0.2) is 53.7 Å². The van der Waals surface area contributed by atoms with Crippen LogP contribution in [0.2, 0.25) is 0 Å². The highest BCUT2D eigenvalue weighted by Gasteiger charge is 2.23. The number of amides is 2. The number of nitrogens with zero attached hydrogens (tertiary/aromatic N) is 2. The van der Waals surface area contributed by atoms with Gasteiger partial charge in [-0.1, -0.05) is 26.0 Å². The molecule has 2 amide bonds. The van der Waals surface area contributed by atoms with E-state index in [1.165, 1.54) is 7.11 Å². The molecule has 0 aliphatic carbocycles. The molecule has 1 atom stereocenters. The van der Waals surface area contributed by atoms with Crippen molar-refractivity contribution in [2.24, 2.45) is 0 Å². The fourth-order valence-electron chi connectivity index (χ4n) is 2.83. The van der Waals surface area contributed by atoms with E-state index in [4.69, 9.17) is 4.74 Å². The van der Waals surface area contributed by atoms with Gasteiger partial charge in [-0.2, -0.15) is 5.10 Å². The molecule has 2 aromatic rings. The Morgan fingerprint density at radius 2 is 2.15 bits per heavy atom. The number of aryl methyl sites for hydroxylation is 1. The highest BCUT2D eigenvalue weighted by molar-refractivity contribution is 5.97. The highest BCUT2D eigenvalue weighted by atomic mass is 16.5. The van der Waals surface area contributed by atoms with E-state index in [0.717, 1.165) is 24.2 Å². The van der Waals surface area contributed by atoms with Crippen molar-refractivity contribution in [1.29, 1.82) is 0 Å². The predicted octanol–water partition coefficient (Wildman–Crippen LogP) is 2.50. The molecular weight excluding hydrogens is 344 g/mol. The Kier molecular flexibility index (Phi) is 7.40. The van der Waals surface area contributed by atoms with Crippen LogP contribution in [0.3, 0.4) is 0 Å². The molecule has 1 aliphatic rings. The van der Waals surface area contributed by atoms with Gasteiger partial charge in [0.1, 0.15) is 5.75 Å². The van der Waals surface area contributed by atoms with E-state index in [1.54, 1.807) is 23.1 Å². The lowest BCUT2D eigenvalue weighted by Crippen LogP contribution is -2.37. The molecule has 1 aromatic carbocycles. The van der Waals surface area contributed by atoms with Crippen molar-refractivity contribution < 1.29 is 14.3 Å². The van der Waals surface area contributed by atoms with Gasteiger partial charge in [0.15, 0.2) is 0 Å². The number of para-hydroxylation sites is 1. The monoisotopic (exact) mass is 372 g/mol. The van der Waals surface area contributed by atoms with Crippen LogP contribution in [0.25, 0.3) is 0 Å². The standard InChI is InChI=1S/C13H16N2O3.C7H12N2/c1-18-12-5-3-2-4-11(12)13(17)14-10-6-7-15(8-10)9-16;1-5(2)7-4-6(3)8-9-7/h2-5,9-10H,6-8H2,1H3,(H,14,17);4-5H,1-3H3,(H,8,9). The van der Waals surface area contributed by atoms with Crippen molar-refractivity contribution in [3.05, 3.63) is 47.3 Å². The lowest BCUT2D eigenvalue weighted by Gasteiger charge is -2.14. The SMILES string of the molecule is COc1ccccc1C(=O)NC1CCN(C=O)C1.Cc1cc(C(C)C)n[nH]1. The van der Waals surface area contributed by atoms with E-state index in [-0.39, 0.29) is 11.9 Å². The van der Waals surface area contributed by atoms with Crippen molar-refractivity contribution in [3.8, 4) is 5.75 Å². The summed E-state index contributed by atoms with van der Waals surface area (Å²) in [7, 11) is 1.54. The zero-order valence-corrected chi connectivity index (χ0v) is 16.4. The molecule has 0 radical (unpaired) electrons. The minimum Gasteiger partial charge on any atom is -0.496 e. The van der Waals surface area contributed by atoms with Crippen molar-refractivity contribution in [3.63, 3.8) is 0 Å². The Hall–Kier alpha value is -2.83. The van der Waals surface area contributed by atoms with Gasteiger partial charge < -0.3 is 15.0 Å². The molecule has 146 valence electrons. The summed E-state index contributed by atoms with van der Waals surface area (Å²) in [4.78, 5) is 24.3. The van der Waals surface area contributed by atoms with Gasteiger partial charge in [0, 0.05) is 24.8 Å². The number of carbonyl (C=O) groups is 2. The predicted molar refractivity (Wildman–Crippen MR) is 104 cm³/mol. The number of likely N-dealkylation sites (tertiary alicyclic amines) is 1. The van der Waals surface area contributed by atoms with Crippen molar-refractivity contribution >= 4 is 12.3 Å². The van der Waals surface area contributed by atoms with Gasteiger partial charge in [-0.05, 0) is 37.5 Å². The van der Waals surface area contributed by atoms with E-state index in [1.807, 2.05) is 13.0 Å². The van der Waals surface area contributed by atoms with Crippen molar-refractivity contribution in [1.82, 2.24) is 20.4 Å². The van der Waals surface area contributed by atoms with Crippen LogP contribution in [0.15, 0.2) is 30.3 Å². The number of rotatable bonds is 5. The van der Waals surface area contributed by atoms with Crippen LogP contribution in [0.5, 0.6) is 5.75 Å². The minimum absolute atomic E-state index is 0.0209. The third-order valence-electron chi connectivity index (χ3n) is 4.37. The molecule has 7 heteroatoms. The van der Waals surface area contributed by atoms with Gasteiger partial charge in [-0.15, -0.1) is 0 Å². The number of H-pyrrole nitrogens is 1. The zero-order valence-electron chi connectivity index (χ0n) is 16.4. The zero-order chi connectivity index (χ0) is 19.8. The van der Waals surface area contributed by atoms with Crippen LogP contribution in [0.4, 0.5) is 0 Å². The molecule has 27 heavy (non-hydrogen) atoms. The summed E-state index contributed by atoms with van der Waals surface area (Å²) in [5.41, 5.74) is 2.80. The molecule has 3 rings (SSSR count). The number of nitrogens with one attached hydrogen (secondary N) is 2. The van der Waals surface area contributed by atoms with E-state index in [9.17, 15) is 9.59 Å². The molecule has 7 nitrogen and oxygen atoms in total. The van der Waals surface area contributed by atoms with E-state index in [2.05, 4.69) is 35.4 Å². The average molecular weight is 372 g/mol. The molecular formula is C20H28N4O3. The first kappa shape index (κ1) is 20.5. The number of methoxy groups -OCH3 is 1. The lowest BCUT2D eigenvalue weighted by atomic mass is 10.1. The van der Waals surface area contributed by atoms with E-state index >= 15 is 0 Å². The number of hydrogen-bond donors (Lipinski definition) is 2. The number of carbonyl (C=O) groups excluding carboxylic acids is 2. The summed E-state index contributed by atoms with van der Waals surface area (Å²) in [5, 5.41) is 9.90. The largest absolute Gasteiger partial charge is 0.496 e. The third kappa shape index (κ3) is 5.84. The van der Waals surface area contributed by atoms with Gasteiger partial charge >= 0.3 is 0 Å². The molecule has 1 aromatic heterocycles. The summed E-state index contributed by atoms with van der Waals surface area (Å²) in [6, 6.07) is 9.18. The van der Waals surface area contributed by atoms with Crippen LogP contribution >= 0.6 is 0 Å². The van der Waals surface area contributed by atoms with Gasteiger partial charge in [-0.25, -0.2) is 0 Å². The maximum Gasteiger partial charge on any atom is 0.255 e. The summed E-state index contributed by atoms with van der Waals surface area (Å²) in [5.74, 6) is 0.931. The first-order valence-electron chi connectivity index (χ1n) is 9.09. The Labute approximate surface area is 160 Å². The molecule has 1 saturated heterocycles. The Bertz CT molecular complexity index is 757. The van der Waals surface area contributed by atoms with Crippen LogP contribution < -0.4 is 10.1 Å². The number of aromatic amines is 1. The van der Waals surface area contributed by atoms with E-state index in [0.29, 0.717) is 30.3 Å². The second-order valence-electron chi connectivity index (χ2n) is 6.89. The fourth-order valence-corrected chi connectivity index (χ4v) is 2.83. The quantitative estimate of drug-likeness (QED) is 0.790. The van der Waals surface area contributed by atoms with E-state index < -0.39 is 0 Å². The first-order chi connectivity index (χ1) is 12.9. The Morgan fingerprint density at radius 3 is 2.67 bits per heavy atom. The van der Waals surface area contributed by atoms with Crippen LogP contribution in [0, 0.1) is 6.92 Å². The Morgan fingerprint density at radius 1 is 1.41 bits per heavy atom. The van der Waals surface area contributed by atoms with Gasteiger partial charge in [0.05, 0.1) is 18.4 Å². The topological polar surface area (TPSA) is 87.3 Å². The van der Waals surface area contributed by atoms with Gasteiger partial charge in [0.2, 0.25) is 6.41 Å². The van der Waals surface area contributed by atoms with Crippen LogP contribution in [0.1, 0.15) is 47.9 Å². The molecule has 0 spiro atoms. The summed E-state index contributed by atoms with van der Waals surface area (Å²) < 4.78 is 5.15. The summed E-state index contributed by atoms with van der Waals surface area (Å²) in [6.45, 7) is 7.55. The smallest absolute Gasteiger partial charge is 0.255 e. The number of hydrogen-bond acceptors (Lipinski definition) is 4. The number of aromatic nitrogens is 2. The molecule has 0 bridgehead atoms. The molecule has 1 fully saturated rings. The van der Waals surface area contributed by atoms with Crippen molar-refractivity contribution in [2.75, 3.05) is 20.2 Å². The third-order valence-corrected chi connectivity index (χ3v) is 4.37.